The molecular weight excluding hydrogens is 165 g/mol. The average molecular weight is 181 g/mol. The molecule has 1 heterocycles. The molecule has 0 amide bonds. The summed E-state index contributed by atoms with van der Waals surface area (Å²) in [5, 5.41) is 0. The van der Waals surface area contributed by atoms with Gasteiger partial charge in [0.05, 0.1) is 5.69 Å². The smallest absolute Gasteiger partial charge is 0.144 e. The second-order valence-electron chi connectivity index (χ2n) is 4.26. The van der Waals surface area contributed by atoms with Crippen molar-refractivity contribution in [1.82, 2.24) is 4.98 Å². The number of hydrogen-bond donors (Lipinski definition) is 0. The van der Waals surface area contributed by atoms with Gasteiger partial charge in [-0.1, -0.05) is 27.7 Å². The van der Waals surface area contributed by atoms with Crippen LogP contribution in [0.15, 0.2) is 12.3 Å². The number of aryl methyl sites for hydroxylation is 1. The van der Waals surface area contributed by atoms with Crippen LogP contribution >= 0.6 is 0 Å². The van der Waals surface area contributed by atoms with Gasteiger partial charge < -0.3 is 0 Å². The molecule has 0 spiro atoms. The number of nitrogens with zero attached hydrogens (tertiary/aromatic N) is 1. The molecule has 0 unspecified atom stereocenters. The fourth-order valence-electron chi connectivity index (χ4n) is 1.14. The van der Waals surface area contributed by atoms with E-state index in [1.54, 1.807) is 12.3 Å². The Balaban J connectivity index is 3.10. The summed E-state index contributed by atoms with van der Waals surface area (Å²) in [6.07, 6.45) is 2.41. The molecule has 0 saturated heterocycles. The summed E-state index contributed by atoms with van der Waals surface area (Å²) >= 11 is 0. The van der Waals surface area contributed by atoms with Crippen LogP contribution in [0.25, 0.3) is 0 Å². The fraction of sp³-hybridized carbons (Fsp3) is 0.545. The third-order valence-electron chi connectivity index (χ3n) is 2.12. The Kier molecular flexibility index (Phi) is 2.69. The van der Waals surface area contributed by atoms with Crippen LogP contribution in [0.4, 0.5) is 4.39 Å². The highest BCUT2D eigenvalue weighted by Crippen LogP contribution is 2.22. The molecule has 0 aliphatic rings. The van der Waals surface area contributed by atoms with E-state index < -0.39 is 0 Å². The normalized spacial score (nSPS) is 11.8. The summed E-state index contributed by atoms with van der Waals surface area (Å²) in [5.74, 6) is -0.185. The Hall–Kier alpha value is -0.920. The maximum Gasteiger partial charge on any atom is 0.144 e. The highest BCUT2D eigenvalue weighted by atomic mass is 19.1. The molecule has 1 nitrogen and oxygen atoms in total. The maximum atomic E-state index is 13.3. The zero-order valence-electron chi connectivity index (χ0n) is 8.69. The summed E-state index contributed by atoms with van der Waals surface area (Å²) in [5.41, 5.74) is 1.47. The van der Waals surface area contributed by atoms with Gasteiger partial charge in [0.2, 0.25) is 0 Å². The minimum Gasteiger partial charge on any atom is -0.258 e. The van der Waals surface area contributed by atoms with E-state index >= 15 is 0 Å². The average Bonchev–Trinajstić information content (AvgIpc) is 2.02. The molecule has 0 N–H and O–H groups in total. The quantitative estimate of drug-likeness (QED) is 0.648. The summed E-state index contributed by atoms with van der Waals surface area (Å²) in [7, 11) is 0. The Bertz CT molecular complexity index is 299. The monoisotopic (exact) mass is 181 g/mol. The van der Waals surface area contributed by atoms with Crippen LogP contribution in [-0.2, 0) is 11.8 Å². The SMILES string of the molecule is CCc1ncc(C(C)(C)C)cc1F. The predicted octanol–water partition coefficient (Wildman–Crippen LogP) is 3.08. The summed E-state index contributed by atoms with van der Waals surface area (Å²) in [4.78, 5) is 4.09. The third-order valence-corrected chi connectivity index (χ3v) is 2.12. The molecule has 1 rings (SSSR count). The van der Waals surface area contributed by atoms with E-state index in [9.17, 15) is 4.39 Å². The van der Waals surface area contributed by atoms with Gasteiger partial charge in [-0.05, 0) is 23.5 Å². The maximum absolute atomic E-state index is 13.3. The van der Waals surface area contributed by atoms with Crippen molar-refractivity contribution in [3.8, 4) is 0 Å². The van der Waals surface area contributed by atoms with Crippen molar-refractivity contribution in [2.24, 2.45) is 0 Å². The van der Waals surface area contributed by atoms with E-state index in [0.717, 1.165) is 5.56 Å². The molecule has 13 heavy (non-hydrogen) atoms. The van der Waals surface area contributed by atoms with Crippen LogP contribution in [-0.4, -0.2) is 4.98 Å². The third kappa shape index (κ3) is 2.27. The molecule has 0 bridgehead atoms. The van der Waals surface area contributed by atoms with Crippen molar-refractivity contribution in [2.45, 2.75) is 39.5 Å². The zero-order chi connectivity index (χ0) is 10.1. The van der Waals surface area contributed by atoms with Crippen LogP contribution in [0, 0.1) is 5.82 Å². The Morgan fingerprint density at radius 3 is 2.38 bits per heavy atom. The molecule has 0 aromatic carbocycles. The number of halogens is 1. The molecule has 0 fully saturated rings. The zero-order valence-corrected chi connectivity index (χ0v) is 8.69. The lowest BCUT2D eigenvalue weighted by molar-refractivity contribution is 0.557. The van der Waals surface area contributed by atoms with E-state index in [1.807, 2.05) is 6.92 Å². The molecule has 0 radical (unpaired) electrons. The van der Waals surface area contributed by atoms with Crippen molar-refractivity contribution in [2.75, 3.05) is 0 Å². The Morgan fingerprint density at radius 2 is 2.00 bits per heavy atom. The first-order valence-electron chi connectivity index (χ1n) is 4.60. The van der Waals surface area contributed by atoms with Gasteiger partial charge in [-0.2, -0.15) is 0 Å². The molecule has 2 heteroatoms. The standard InChI is InChI=1S/C11H16FN/c1-5-10-9(12)6-8(7-13-10)11(2,3)4/h6-7H,5H2,1-4H3. The predicted molar refractivity (Wildman–Crippen MR) is 52.3 cm³/mol. The van der Waals surface area contributed by atoms with E-state index in [4.69, 9.17) is 0 Å². The van der Waals surface area contributed by atoms with Gasteiger partial charge in [-0.3, -0.25) is 4.98 Å². The van der Waals surface area contributed by atoms with Crippen molar-refractivity contribution < 1.29 is 4.39 Å². The summed E-state index contributed by atoms with van der Waals surface area (Å²) < 4.78 is 13.3. The van der Waals surface area contributed by atoms with Crippen LogP contribution in [0.2, 0.25) is 0 Å². The Labute approximate surface area is 79.0 Å². The van der Waals surface area contributed by atoms with Crippen molar-refractivity contribution in [3.63, 3.8) is 0 Å². The molecule has 72 valence electrons. The lowest BCUT2D eigenvalue weighted by atomic mass is 9.88. The van der Waals surface area contributed by atoms with Crippen molar-refractivity contribution in [1.29, 1.82) is 0 Å². The summed E-state index contributed by atoms with van der Waals surface area (Å²) in [6, 6.07) is 1.59. The second kappa shape index (κ2) is 3.44. The number of pyridine rings is 1. The van der Waals surface area contributed by atoms with Crippen molar-refractivity contribution >= 4 is 0 Å². The first-order chi connectivity index (χ1) is 5.95. The number of hydrogen-bond acceptors (Lipinski definition) is 1. The second-order valence-corrected chi connectivity index (χ2v) is 4.26. The molecule has 0 aliphatic heterocycles. The van der Waals surface area contributed by atoms with Crippen LogP contribution in [0.5, 0.6) is 0 Å². The van der Waals surface area contributed by atoms with Gasteiger partial charge in [0.25, 0.3) is 0 Å². The van der Waals surface area contributed by atoms with E-state index in [0.29, 0.717) is 12.1 Å². The lowest BCUT2D eigenvalue weighted by Gasteiger charge is -2.18. The van der Waals surface area contributed by atoms with E-state index in [2.05, 4.69) is 25.8 Å². The molecule has 0 aliphatic carbocycles. The molecule has 0 saturated carbocycles. The van der Waals surface area contributed by atoms with Gasteiger partial charge >= 0.3 is 0 Å². The highest BCUT2D eigenvalue weighted by Gasteiger charge is 2.15. The largest absolute Gasteiger partial charge is 0.258 e. The van der Waals surface area contributed by atoms with Gasteiger partial charge in [0.1, 0.15) is 5.82 Å². The topological polar surface area (TPSA) is 12.9 Å². The first kappa shape index (κ1) is 10.2. The summed E-state index contributed by atoms with van der Waals surface area (Å²) in [6.45, 7) is 8.06. The van der Waals surface area contributed by atoms with Crippen LogP contribution in [0.3, 0.4) is 0 Å². The minimum absolute atomic E-state index is 0.0277. The lowest BCUT2D eigenvalue weighted by Crippen LogP contribution is -2.12. The van der Waals surface area contributed by atoms with Gasteiger partial charge in [-0.25, -0.2) is 4.39 Å². The van der Waals surface area contributed by atoms with Gasteiger partial charge in [0, 0.05) is 6.20 Å². The number of rotatable bonds is 1. The Morgan fingerprint density at radius 1 is 1.38 bits per heavy atom. The fourth-order valence-corrected chi connectivity index (χ4v) is 1.14. The molecule has 0 atom stereocenters. The number of aromatic nitrogens is 1. The molecule has 1 aromatic rings. The van der Waals surface area contributed by atoms with Crippen molar-refractivity contribution in [3.05, 3.63) is 29.3 Å². The minimum atomic E-state index is -0.185. The van der Waals surface area contributed by atoms with Crippen LogP contribution < -0.4 is 0 Å². The first-order valence-corrected chi connectivity index (χ1v) is 4.60. The van der Waals surface area contributed by atoms with Crippen LogP contribution in [0.1, 0.15) is 39.0 Å². The van der Waals surface area contributed by atoms with Gasteiger partial charge in [-0.15, -0.1) is 0 Å². The molecular formula is C11H16FN. The van der Waals surface area contributed by atoms with E-state index in [1.165, 1.54) is 0 Å². The van der Waals surface area contributed by atoms with E-state index in [-0.39, 0.29) is 11.2 Å². The highest BCUT2D eigenvalue weighted by molar-refractivity contribution is 5.22. The van der Waals surface area contributed by atoms with Gasteiger partial charge in [0.15, 0.2) is 0 Å². The molecule has 1 aromatic heterocycles.